The highest BCUT2D eigenvalue weighted by atomic mass is 16.7. The van der Waals surface area contributed by atoms with Gasteiger partial charge in [-0.25, -0.2) is 0 Å². The Balaban J connectivity index is 1.41. The predicted molar refractivity (Wildman–Crippen MR) is 194 cm³/mol. The smallest absolute Gasteiger partial charge is 0.251 e. The first-order chi connectivity index (χ1) is 26.5. The van der Waals surface area contributed by atoms with Crippen molar-refractivity contribution in [3.8, 4) is 5.75 Å². The van der Waals surface area contributed by atoms with Crippen molar-refractivity contribution >= 4 is 5.91 Å². The van der Waals surface area contributed by atoms with E-state index in [9.17, 15) is 40.5 Å². The van der Waals surface area contributed by atoms with Crippen molar-refractivity contribution in [3.05, 3.63) is 29.8 Å². The highest BCUT2D eigenvalue weighted by Gasteiger charge is 2.53. The first-order valence-corrected chi connectivity index (χ1v) is 19.4. The van der Waals surface area contributed by atoms with Crippen molar-refractivity contribution in [1.29, 1.82) is 0 Å². The van der Waals surface area contributed by atoms with Crippen molar-refractivity contribution < 1.29 is 73.7 Å². The van der Waals surface area contributed by atoms with Crippen LogP contribution in [0.25, 0.3) is 0 Å². The molecule has 12 N–H and O–H groups in total. The Morgan fingerprint density at radius 1 is 0.727 bits per heavy atom. The molecule has 3 saturated heterocycles. The summed E-state index contributed by atoms with van der Waals surface area (Å²) in [5.41, 5.74) is 12.3. The van der Waals surface area contributed by atoms with Crippen molar-refractivity contribution in [3.63, 3.8) is 0 Å². The number of unbranched alkanes of at least 4 members (excludes halogenated alkanes) is 8. The van der Waals surface area contributed by atoms with Crippen molar-refractivity contribution in [2.45, 2.75) is 157 Å². The Hall–Kier alpha value is -2.11. The summed E-state index contributed by atoms with van der Waals surface area (Å²) in [6.07, 6.45) is -6.33. The zero-order valence-electron chi connectivity index (χ0n) is 31.7. The molecule has 0 radical (unpaired) electrons. The fourth-order valence-electron chi connectivity index (χ4n) is 7.15. The van der Waals surface area contributed by atoms with E-state index in [2.05, 4.69) is 12.2 Å². The summed E-state index contributed by atoms with van der Waals surface area (Å²) in [4.78, 5) is 13.6. The van der Waals surface area contributed by atoms with Gasteiger partial charge in [0.25, 0.3) is 5.91 Å². The summed E-state index contributed by atoms with van der Waals surface area (Å²) in [7, 11) is 1.30. The summed E-state index contributed by atoms with van der Waals surface area (Å²) in [6, 6.07) is 2.51. The second-order valence-electron chi connectivity index (χ2n) is 14.4. The van der Waals surface area contributed by atoms with Crippen LogP contribution in [0.5, 0.6) is 5.75 Å². The fourth-order valence-corrected chi connectivity index (χ4v) is 7.15. The van der Waals surface area contributed by atoms with Gasteiger partial charge in [0, 0.05) is 12.7 Å². The number of aliphatic hydroxyl groups is 7. The maximum Gasteiger partial charge on any atom is 0.251 e. The van der Waals surface area contributed by atoms with Crippen molar-refractivity contribution in [2.75, 3.05) is 33.5 Å². The number of carbonyl (C=O) groups is 1. The number of benzene rings is 1. The van der Waals surface area contributed by atoms with Gasteiger partial charge < -0.3 is 85.7 Å². The molecule has 15 atom stereocenters. The first kappa shape index (κ1) is 45.6. The molecule has 18 nitrogen and oxygen atoms in total. The SMILES string of the molecule is CCCCCCCCCCCOc1cccc(C(=O)NC2C(OC3C(CO)OC(OC4C(CO)OC(O)C(N)C4O)C(N)C3O)OC(CO)C(OC)C2O)c1. The van der Waals surface area contributed by atoms with Gasteiger partial charge in [0.1, 0.15) is 66.7 Å². The number of methoxy groups -OCH3 is 1. The van der Waals surface area contributed by atoms with Gasteiger partial charge >= 0.3 is 0 Å². The standard InChI is InChI=1S/C37H63N3O15/c1-3-4-5-6-7-8-9-10-11-15-50-21-14-12-13-20(16-21)34(47)40-27-30(46)31(49-2)22(17-41)53-37(27)55-33-24(19-43)52-36(26(39)29(33)45)54-32-23(18-42)51-35(48)25(38)28(32)44/h12-14,16,22-33,35-37,41-46,48H,3-11,15,17-19,38-39H2,1-2H3,(H,40,47). The highest BCUT2D eigenvalue weighted by molar-refractivity contribution is 5.94. The lowest BCUT2D eigenvalue weighted by molar-refractivity contribution is -0.349. The molecule has 0 aliphatic carbocycles. The maximum absolute atomic E-state index is 13.6. The van der Waals surface area contributed by atoms with Crippen LogP contribution in [-0.4, -0.2) is 167 Å². The third-order valence-corrected chi connectivity index (χ3v) is 10.4. The van der Waals surface area contributed by atoms with Gasteiger partial charge in [-0.15, -0.1) is 0 Å². The summed E-state index contributed by atoms with van der Waals surface area (Å²) < 4.78 is 40.3. The largest absolute Gasteiger partial charge is 0.494 e. The molecule has 1 aromatic carbocycles. The summed E-state index contributed by atoms with van der Waals surface area (Å²) in [6.45, 7) is 0.667. The number of rotatable bonds is 21. The van der Waals surface area contributed by atoms with Crippen LogP contribution in [0.3, 0.4) is 0 Å². The Bertz CT molecular complexity index is 1270. The molecule has 316 valence electrons. The van der Waals surface area contributed by atoms with Crippen LogP contribution in [0, 0.1) is 0 Å². The molecule has 0 aromatic heterocycles. The molecule has 3 heterocycles. The van der Waals surface area contributed by atoms with Crippen molar-refractivity contribution in [2.24, 2.45) is 11.5 Å². The minimum Gasteiger partial charge on any atom is -0.494 e. The Morgan fingerprint density at radius 3 is 1.89 bits per heavy atom. The minimum atomic E-state index is -1.64. The normalized spacial score (nSPS) is 36.7. The van der Waals surface area contributed by atoms with Crippen LogP contribution in [0.15, 0.2) is 24.3 Å². The van der Waals surface area contributed by atoms with E-state index >= 15 is 0 Å². The fraction of sp³-hybridized carbons (Fsp3) is 0.811. The molecule has 3 aliphatic heterocycles. The number of hydrogen-bond donors (Lipinski definition) is 10. The maximum atomic E-state index is 13.6. The zero-order chi connectivity index (χ0) is 40.1. The van der Waals surface area contributed by atoms with Crippen LogP contribution in [0.2, 0.25) is 0 Å². The lowest BCUT2D eigenvalue weighted by Gasteiger charge is -2.49. The van der Waals surface area contributed by atoms with Crippen LogP contribution in [0.1, 0.15) is 75.1 Å². The second kappa shape index (κ2) is 22.7. The number of hydrogen-bond acceptors (Lipinski definition) is 17. The highest BCUT2D eigenvalue weighted by Crippen LogP contribution is 2.32. The minimum absolute atomic E-state index is 0.215. The summed E-state index contributed by atoms with van der Waals surface area (Å²) in [5.74, 6) is -0.128. The van der Waals surface area contributed by atoms with E-state index in [1.807, 2.05) is 0 Å². The molecule has 0 bridgehead atoms. The van der Waals surface area contributed by atoms with E-state index in [0.29, 0.717) is 12.4 Å². The topological polar surface area (TPSA) is 287 Å². The van der Waals surface area contributed by atoms with Crippen LogP contribution >= 0.6 is 0 Å². The van der Waals surface area contributed by atoms with Crippen molar-refractivity contribution in [1.82, 2.24) is 5.32 Å². The molecular formula is C37H63N3O15. The van der Waals surface area contributed by atoms with Gasteiger partial charge in [-0.05, 0) is 24.6 Å². The van der Waals surface area contributed by atoms with Crippen LogP contribution in [-0.2, 0) is 28.4 Å². The van der Waals surface area contributed by atoms with E-state index in [4.69, 9.17) is 44.6 Å². The number of nitrogens with one attached hydrogen (secondary N) is 1. The van der Waals surface area contributed by atoms with E-state index < -0.39 is 118 Å². The molecule has 4 rings (SSSR count). The molecule has 3 fully saturated rings. The molecule has 15 unspecified atom stereocenters. The van der Waals surface area contributed by atoms with Gasteiger partial charge in [0.05, 0.1) is 38.5 Å². The Morgan fingerprint density at radius 2 is 1.27 bits per heavy atom. The van der Waals surface area contributed by atoms with Crippen LogP contribution < -0.4 is 21.5 Å². The average molecular weight is 790 g/mol. The molecule has 1 amide bonds. The monoisotopic (exact) mass is 789 g/mol. The molecule has 18 heteroatoms. The van der Waals surface area contributed by atoms with Gasteiger partial charge in [0.15, 0.2) is 18.9 Å². The molecule has 3 aliphatic rings. The zero-order valence-corrected chi connectivity index (χ0v) is 31.7. The molecule has 0 spiro atoms. The molecular weight excluding hydrogens is 726 g/mol. The lowest BCUT2D eigenvalue weighted by atomic mass is 9.94. The van der Waals surface area contributed by atoms with Crippen LogP contribution in [0.4, 0.5) is 0 Å². The van der Waals surface area contributed by atoms with E-state index in [1.165, 1.54) is 45.6 Å². The third kappa shape index (κ3) is 12.0. The molecule has 55 heavy (non-hydrogen) atoms. The number of aliphatic hydroxyl groups excluding tert-OH is 7. The van der Waals surface area contributed by atoms with Gasteiger partial charge in [-0.1, -0.05) is 64.4 Å². The van der Waals surface area contributed by atoms with Gasteiger partial charge in [0.2, 0.25) is 0 Å². The predicted octanol–water partition coefficient (Wildman–Crippen LogP) is -1.64. The molecule has 1 aromatic rings. The average Bonchev–Trinajstić information content (AvgIpc) is 3.19. The van der Waals surface area contributed by atoms with Gasteiger partial charge in [-0.2, -0.15) is 0 Å². The Labute approximate surface area is 321 Å². The Kier molecular flexibility index (Phi) is 18.8. The van der Waals surface area contributed by atoms with Gasteiger partial charge in [-0.3, -0.25) is 4.79 Å². The van der Waals surface area contributed by atoms with E-state index in [-0.39, 0.29) is 5.56 Å². The number of carbonyl (C=O) groups excluding carboxylic acids is 1. The number of nitrogens with two attached hydrogens (primary N) is 2. The third-order valence-electron chi connectivity index (χ3n) is 10.4. The van der Waals surface area contributed by atoms with E-state index in [1.54, 1.807) is 24.3 Å². The quantitative estimate of drug-likeness (QED) is 0.0625. The first-order valence-electron chi connectivity index (χ1n) is 19.4. The second-order valence-corrected chi connectivity index (χ2v) is 14.4. The lowest BCUT2D eigenvalue weighted by Crippen LogP contribution is -2.70. The molecule has 0 saturated carbocycles. The van der Waals surface area contributed by atoms with E-state index in [0.717, 1.165) is 19.3 Å². The number of ether oxygens (including phenoxy) is 7. The summed E-state index contributed by atoms with van der Waals surface area (Å²) in [5, 5.41) is 76.2. The number of amides is 1. The summed E-state index contributed by atoms with van der Waals surface area (Å²) >= 11 is 0.